The van der Waals surface area contributed by atoms with Crippen LogP contribution in [-0.2, 0) is 4.79 Å². The predicted octanol–water partition coefficient (Wildman–Crippen LogP) is 0.977. The Morgan fingerprint density at radius 1 is 1.32 bits per heavy atom. The molecule has 6 heteroatoms. The van der Waals surface area contributed by atoms with E-state index >= 15 is 0 Å². The lowest BCUT2D eigenvalue weighted by molar-refractivity contribution is -0.137. The summed E-state index contributed by atoms with van der Waals surface area (Å²) in [4.78, 5) is 26.0. The molecule has 1 fully saturated rings. The summed E-state index contributed by atoms with van der Waals surface area (Å²) < 4.78 is 0. The van der Waals surface area contributed by atoms with Gasteiger partial charge in [0, 0.05) is 26.2 Å². The molecule has 110 valence electrons. The molecule has 0 spiro atoms. The molecule has 0 aromatic rings. The highest BCUT2D eigenvalue weighted by Crippen LogP contribution is 2.08. The Kier molecular flexibility index (Phi) is 6.62. The highest BCUT2D eigenvalue weighted by atomic mass is 16.4. The van der Waals surface area contributed by atoms with Crippen LogP contribution in [0.2, 0.25) is 0 Å². The van der Waals surface area contributed by atoms with Crippen LogP contribution in [0.1, 0.15) is 32.6 Å². The van der Waals surface area contributed by atoms with Crippen LogP contribution in [0.5, 0.6) is 0 Å². The summed E-state index contributed by atoms with van der Waals surface area (Å²) in [6.45, 7) is 5.29. The Morgan fingerprint density at radius 2 is 1.95 bits per heavy atom. The molecule has 19 heavy (non-hydrogen) atoms. The molecule has 0 aromatic carbocycles. The topological polar surface area (TPSA) is 72.9 Å². The summed E-state index contributed by atoms with van der Waals surface area (Å²) in [5.41, 5.74) is 0. The van der Waals surface area contributed by atoms with Crippen molar-refractivity contribution in [3.8, 4) is 0 Å². The summed E-state index contributed by atoms with van der Waals surface area (Å²) in [5, 5.41) is 11.5. The smallest absolute Gasteiger partial charge is 0.317 e. The Morgan fingerprint density at radius 3 is 2.53 bits per heavy atom. The summed E-state index contributed by atoms with van der Waals surface area (Å²) in [7, 11) is 1.62. The number of hydrogen-bond acceptors (Lipinski definition) is 3. The number of carbonyl (C=O) groups excluding carboxylic acids is 1. The number of hydrogen-bond donors (Lipinski definition) is 2. The van der Waals surface area contributed by atoms with Crippen molar-refractivity contribution in [1.29, 1.82) is 0 Å². The van der Waals surface area contributed by atoms with Gasteiger partial charge in [-0.15, -0.1) is 0 Å². The first kappa shape index (κ1) is 15.8. The number of nitrogens with zero attached hydrogens (tertiary/aromatic N) is 2. The number of rotatable bonds is 6. The fourth-order valence-corrected chi connectivity index (χ4v) is 2.26. The second-order valence-electron chi connectivity index (χ2n) is 5.28. The van der Waals surface area contributed by atoms with E-state index in [1.807, 2.05) is 6.92 Å². The first-order valence-electron chi connectivity index (χ1n) is 6.95. The molecule has 1 aliphatic rings. The molecule has 2 N–H and O–H groups in total. The van der Waals surface area contributed by atoms with Crippen LogP contribution in [0.4, 0.5) is 4.79 Å². The van der Waals surface area contributed by atoms with E-state index in [-0.39, 0.29) is 25.0 Å². The molecule has 1 aliphatic heterocycles. The minimum Gasteiger partial charge on any atom is -0.481 e. The molecule has 1 atom stereocenters. The second-order valence-corrected chi connectivity index (χ2v) is 5.28. The van der Waals surface area contributed by atoms with Crippen molar-refractivity contribution < 1.29 is 14.7 Å². The molecule has 0 radical (unpaired) electrons. The van der Waals surface area contributed by atoms with Crippen LogP contribution >= 0.6 is 0 Å². The molecule has 0 aromatic heterocycles. The van der Waals surface area contributed by atoms with Crippen molar-refractivity contribution in [3.05, 3.63) is 0 Å². The molecule has 0 saturated carbocycles. The van der Waals surface area contributed by atoms with Gasteiger partial charge in [0.1, 0.15) is 0 Å². The van der Waals surface area contributed by atoms with Gasteiger partial charge in [-0.05, 0) is 32.9 Å². The second kappa shape index (κ2) is 7.99. The number of urea groups is 1. The quantitative estimate of drug-likeness (QED) is 0.755. The fraction of sp³-hybridized carbons (Fsp3) is 0.846. The van der Waals surface area contributed by atoms with Gasteiger partial charge >= 0.3 is 12.0 Å². The highest BCUT2D eigenvalue weighted by Gasteiger charge is 2.16. The number of carbonyl (C=O) groups is 2. The van der Waals surface area contributed by atoms with Crippen molar-refractivity contribution in [2.45, 2.75) is 38.6 Å². The van der Waals surface area contributed by atoms with Crippen LogP contribution in [0.3, 0.4) is 0 Å². The number of piperidine rings is 1. The van der Waals surface area contributed by atoms with E-state index in [1.54, 1.807) is 7.05 Å². The zero-order valence-corrected chi connectivity index (χ0v) is 11.9. The van der Waals surface area contributed by atoms with Crippen molar-refractivity contribution in [3.63, 3.8) is 0 Å². The lowest BCUT2D eigenvalue weighted by Crippen LogP contribution is -2.47. The van der Waals surface area contributed by atoms with Gasteiger partial charge in [0.2, 0.25) is 0 Å². The van der Waals surface area contributed by atoms with Crippen molar-refractivity contribution >= 4 is 12.0 Å². The third-order valence-corrected chi connectivity index (χ3v) is 3.36. The summed E-state index contributed by atoms with van der Waals surface area (Å²) in [6.07, 6.45) is 3.75. The van der Waals surface area contributed by atoms with E-state index in [9.17, 15) is 9.59 Å². The average Bonchev–Trinajstić information content (AvgIpc) is 2.36. The van der Waals surface area contributed by atoms with E-state index in [0.29, 0.717) is 0 Å². The Balaban J connectivity index is 2.24. The number of amides is 2. The monoisotopic (exact) mass is 271 g/mol. The number of carboxylic acids is 1. The van der Waals surface area contributed by atoms with Crippen molar-refractivity contribution in [2.75, 3.05) is 33.2 Å². The minimum absolute atomic E-state index is 0.0234. The largest absolute Gasteiger partial charge is 0.481 e. The average molecular weight is 271 g/mol. The highest BCUT2D eigenvalue weighted by molar-refractivity contribution is 5.75. The SMILES string of the molecule is CC(CN1CCCCC1)NC(=O)N(C)CCC(=O)O. The molecule has 0 bridgehead atoms. The molecule has 6 nitrogen and oxygen atoms in total. The van der Waals surface area contributed by atoms with Crippen LogP contribution in [0, 0.1) is 0 Å². The van der Waals surface area contributed by atoms with Crippen molar-refractivity contribution in [1.82, 2.24) is 15.1 Å². The molecule has 1 heterocycles. The van der Waals surface area contributed by atoms with Gasteiger partial charge in [0.15, 0.2) is 0 Å². The van der Waals surface area contributed by atoms with E-state index in [4.69, 9.17) is 5.11 Å². The summed E-state index contributed by atoms with van der Waals surface area (Å²) >= 11 is 0. The van der Waals surface area contributed by atoms with Crippen LogP contribution < -0.4 is 5.32 Å². The Hall–Kier alpha value is -1.30. The molecule has 0 aliphatic carbocycles. The minimum atomic E-state index is -0.888. The van der Waals surface area contributed by atoms with Gasteiger partial charge < -0.3 is 20.2 Å². The maximum Gasteiger partial charge on any atom is 0.317 e. The fourth-order valence-electron chi connectivity index (χ4n) is 2.26. The first-order chi connectivity index (χ1) is 8.99. The van der Waals surface area contributed by atoms with E-state index in [1.165, 1.54) is 24.2 Å². The predicted molar refractivity (Wildman–Crippen MR) is 73.2 cm³/mol. The lowest BCUT2D eigenvalue weighted by Gasteiger charge is -2.30. The van der Waals surface area contributed by atoms with Gasteiger partial charge in [-0.1, -0.05) is 6.42 Å². The van der Waals surface area contributed by atoms with Gasteiger partial charge in [0.05, 0.1) is 6.42 Å². The lowest BCUT2D eigenvalue weighted by atomic mass is 10.1. The summed E-state index contributed by atoms with van der Waals surface area (Å²) in [6, 6.07) is -0.122. The molecule has 1 saturated heterocycles. The zero-order chi connectivity index (χ0) is 14.3. The van der Waals surface area contributed by atoms with E-state index < -0.39 is 5.97 Å². The third kappa shape index (κ3) is 6.42. The third-order valence-electron chi connectivity index (χ3n) is 3.36. The maximum atomic E-state index is 11.8. The van der Waals surface area contributed by atoms with Crippen LogP contribution in [-0.4, -0.2) is 66.2 Å². The number of aliphatic carboxylic acids is 1. The molecule has 1 unspecified atom stereocenters. The van der Waals surface area contributed by atoms with E-state index in [0.717, 1.165) is 19.6 Å². The zero-order valence-electron chi connectivity index (χ0n) is 11.9. The Bertz CT molecular complexity index is 304. The van der Waals surface area contributed by atoms with Crippen LogP contribution in [0.25, 0.3) is 0 Å². The normalized spacial score (nSPS) is 17.8. The molecular formula is C13H25N3O3. The standard InChI is InChI=1S/C13H25N3O3/c1-11(10-16-7-4-3-5-8-16)14-13(19)15(2)9-6-12(17)18/h11H,3-10H2,1-2H3,(H,14,19)(H,17,18). The maximum absolute atomic E-state index is 11.8. The Labute approximate surface area is 114 Å². The molecule has 2 amide bonds. The van der Waals surface area contributed by atoms with Crippen molar-refractivity contribution in [2.24, 2.45) is 0 Å². The van der Waals surface area contributed by atoms with Gasteiger partial charge in [-0.2, -0.15) is 0 Å². The molecule has 1 rings (SSSR count). The van der Waals surface area contributed by atoms with Gasteiger partial charge in [-0.25, -0.2) is 4.79 Å². The number of carboxylic acid groups (broad SMARTS) is 1. The van der Waals surface area contributed by atoms with Gasteiger partial charge in [-0.3, -0.25) is 4.79 Å². The van der Waals surface area contributed by atoms with Gasteiger partial charge in [0.25, 0.3) is 0 Å². The molecular weight excluding hydrogens is 246 g/mol. The first-order valence-corrected chi connectivity index (χ1v) is 6.95. The summed E-state index contributed by atoms with van der Waals surface area (Å²) in [5.74, 6) is -0.888. The number of likely N-dealkylation sites (tertiary alicyclic amines) is 1. The van der Waals surface area contributed by atoms with E-state index in [2.05, 4.69) is 10.2 Å². The number of nitrogens with one attached hydrogen (secondary N) is 1. The van der Waals surface area contributed by atoms with Crippen LogP contribution in [0.15, 0.2) is 0 Å².